The van der Waals surface area contributed by atoms with Crippen LogP contribution in [0.3, 0.4) is 0 Å². The highest BCUT2D eigenvalue weighted by molar-refractivity contribution is 9.10. The third-order valence-electron chi connectivity index (χ3n) is 3.71. The van der Waals surface area contributed by atoms with Crippen molar-refractivity contribution >= 4 is 15.9 Å². The van der Waals surface area contributed by atoms with E-state index >= 15 is 0 Å². The summed E-state index contributed by atoms with van der Waals surface area (Å²) in [6.45, 7) is 0.667. The fourth-order valence-corrected chi connectivity index (χ4v) is 3.09. The van der Waals surface area contributed by atoms with Crippen molar-refractivity contribution in [2.24, 2.45) is 0 Å². The van der Waals surface area contributed by atoms with Crippen molar-refractivity contribution < 1.29 is 4.74 Å². The van der Waals surface area contributed by atoms with Crippen LogP contribution in [-0.4, -0.2) is 0 Å². The molecule has 2 aromatic carbocycles. The molecule has 0 fully saturated rings. The number of benzene rings is 2. The fourth-order valence-electron chi connectivity index (χ4n) is 2.69. The summed E-state index contributed by atoms with van der Waals surface area (Å²) in [6, 6.07) is 16.9. The molecular formula is C17H17BrO. The van der Waals surface area contributed by atoms with Crippen molar-refractivity contribution in [2.45, 2.75) is 32.0 Å². The van der Waals surface area contributed by atoms with E-state index in [1.807, 2.05) is 6.07 Å². The molecule has 0 saturated heterocycles. The second-order valence-electron chi connectivity index (χ2n) is 4.98. The van der Waals surface area contributed by atoms with Gasteiger partial charge in [-0.15, -0.1) is 0 Å². The molecule has 0 radical (unpaired) electrons. The minimum absolute atomic E-state index is 0.247. The van der Waals surface area contributed by atoms with Crippen LogP contribution in [0.2, 0.25) is 0 Å². The van der Waals surface area contributed by atoms with Crippen LogP contribution in [0.1, 0.15) is 35.6 Å². The molecule has 2 heteroatoms. The van der Waals surface area contributed by atoms with Gasteiger partial charge in [-0.1, -0.05) is 58.4 Å². The summed E-state index contributed by atoms with van der Waals surface area (Å²) in [4.78, 5) is 0. The van der Waals surface area contributed by atoms with Gasteiger partial charge in [-0.3, -0.25) is 0 Å². The zero-order valence-electron chi connectivity index (χ0n) is 10.8. The molecule has 2 aromatic rings. The number of hydrogen-bond acceptors (Lipinski definition) is 1. The van der Waals surface area contributed by atoms with Crippen LogP contribution in [0.15, 0.2) is 53.0 Å². The third-order valence-corrected chi connectivity index (χ3v) is 4.49. The number of halogens is 1. The summed E-state index contributed by atoms with van der Waals surface area (Å²) in [5, 5.41) is 0. The van der Waals surface area contributed by atoms with Crippen molar-refractivity contribution in [3.8, 4) is 0 Å². The van der Waals surface area contributed by atoms with E-state index in [1.54, 1.807) is 0 Å². The van der Waals surface area contributed by atoms with Crippen LogP contribution < -0.4 is 0 Å². The lowest BCUT2D eigenvalue weighted by atomic mass is 9.89. The average molecular weight is 317 g/mol. The summed E-state index contributed by atoms with van der Waals surface area (Å²) in [5.41, 5.74) is 4.04. The molecule has 0 aromatic heterocycles. The van der Waals surface area contributed by atoms with Crippen LogP contribution in [0.4, 0.5) is 0 Å². The molecule has 1 aliphatic carbocycles. The van der Waals surface area contributed by atoms with Gasteiger partial charge in [0.1, 0.15) is 0 Å². The number of aryl methyl sites for hydroxylation is 1. The Labute approximate surface area is 122 Å². The quantitative estimate of drug-likeness (QED) is 0.770. The Morgan fingerprint density at radius 3 is 2.74 bits per heavy atom. The second kappa shape index (κ2) is 5.89. The first-order valence-corrected chi connectivity index (χ1v) is 7.57. The van der Waals surface area contributed by atoms with E-state index in [0.717, 1.165) is 10.9 Å². The molecule has 98 valence electrons. The molecule has 0 heterocycles. The predicted octanol–water partition coefficient (Wildman–Crippen LogP) is 5.04. The highest BCUT2D eigenvalue weighted by Gasteiger charge is 2.20. The molecule has 0 saturated carbocycles. The van der Waals surface area contributed by atoms with Crippen molar-refractivity contribution in [3.05, 3.63) is 69.7 Å². The maximum atomic E-state index is 6.15. The van der Waals surface area contributed by atoms with Crippen LogP contribution >= 0.6 is 15.9 Å². The molecular weight excluding hydrogens is 300 g/mol. The lowest BCUT2D eigenvalue weighted by molar-refractivity contribution is 0.0280. The zero-order valence-corrected chi connectivity index (χ0v) is 12.4. The number of fused-ring (bicyclic) bond motifs is 1. The van der Waals surface area contributed by atoms with Crippen molar-refractivity contribution in [1.82, 2.24) is 0 Å². The lowest BCUT2D eigenvalue weighted by Crippen LogP contribution is -2.12. The Hall–Kier alpha value is -1.12. The lowest BCUT2D eigenvalue weighted by Gasteiger charge is -2.25. The summed E-state index contributed by atoms with van der Waals surface area (Å²) < 4.78 is 7.27. The summed E-state index contributed by atoms with van der Waals surface area (Å²) in [5.74, 6) is 0. The molecule has 1 unspecified atom stereocenters. The average Bonchev–Trinajstić information content (AvgIpc) is 2.46. The molecule has 0 aliphatic heterocycles. The van der Waals surface area contributed by atoms with E-state index in [2.05, 4.69) is 58.4 Å². The first-order chi connectivity index (χ1) is 9.34. The number of rotatable bonds is 3. The van der Waals surface area contributed by atoms with Gasteiger partial charge in [-0.05, 0) is 42.0 Å². The first-order valence-electron chi connectivity index (χ1n) is 6.77. The highest BCUT2D eigenvalue weighted by Crippen LogP contribution is 2.33. The predicted molar refractivity (Wildman–Crippen MR) is 81.1 cm³/mol. The van der Waals surface area contributed by atoms with Gasteiger partial charge in [0, 0.05) is 4.47 Å². The molecule has 19 heavy (non-hydrogen) atoms. The zero-order chi connectivity index (χ0) is 13.1. The van der Waals surface area contributed by atoms with Crippen LogP contribution in [0.25, 0.3) is 0 Å². The van der Waals surface area contributed by atoms with Crippen LogP contribution in [-0.2, 0) is 17.8 Å². The maximum absolute atomic E-state index is 6.15. The Balaban J connectivity index is 1.73. The van der Waals surface area contributed by atoms with E-state index in [-0.39, 0.29) is 6.10 Å². The molecule has 3 rings (SSSR count). The molecule has 1 aliphatic rings. The molecule has 1 atom stereocenters. The fraction of sp³-hybridized carbons (Fsp3) is 0.294. The van der Waals surface area contributed by atoms with Gasteiger partial charge in [0.25, 0.3) is 0 Å². The second-order valence-corrected chi connectivity index (χ2v) is 5.84. The van der Waals surface area contributed by atoms with Crippen molar-refractivity contribution in [3.63, 3.8) is 0 Å². The third kappa shape index (κ3) is 2.90. The van der Waals surface area contributed by atoms with Gasteiger partial charge >= 0.3 is 0 Å². The minimum atomic E-state index is 0.247. The summed E-state index contributed by atoms with van der Waals surface area (Å²) >= 11 is 3.57. The van der Waals surface area contributed by atoms with Gasteiger partial charge in [0.2, 0.25) is 0 Å². The van der Waals surface area contributed by atoms with Gasteiger partial charge in [0.15, 0.2) is 0 Å². The van der Waals surface area contributed by atoms with Gasteiger partial charge in [-0.25, -0.2) is 0 Å². The monoisotopic (exact) mass is 316 g/mol. The Morgan fingerprint density at radius 2 is 1.84 bits per heavy atom. The number of hydrogen-bond donors (Lipinski definition) is 0. The largest absolute Gasteiger partial charge is 0.369 e. The standard InChI is InChI=1S/C17H17BrO/c18-16-10-4-2-7-14(16)12-19-17-11-5-8-13-6-1-3-9-15(13)17/h1-4,6-7,9-10,17H,5,8,11-12H2. The summed E-state index contributed by atoms with van der Waals surface area (Å²) in [7, 11) is 0. The normalized spacial score (nSPS) is 18.1. The Bertz CT molecular complexity index is 565. The SMILES string of the molecule is Brc1ccccc1COC1CCCc2ccccc21. The van der Waals surface area contributed by atoms with Gasteiger partial charge < -0.3 is 4.74 Å². The molecule has 0 amide bonds. The van der Waals surface area contributed by atoms with E-state index in [9.17, 15) is 0 Å². The van der Waals surface area contributed by atoms with Crippen molar-refractivity contribution in [1.29, 1.82) is 0 Å². The molecule has 0 spiro atoms. The molecule has 0 N–H and O–H groups in total. The Morgan fingerprint density at radius 1 is 1.05 bits per heavy atom. The van der Waals surface area contributed by atoms with Crippen LogP contribution in [0.5, 0.6) is 0 Å². The minimum Gasteiger partial charge on any atom is -0.369 e. The van der Waals surface area contributed by atoms with Gasteiger partial charge in [-0.2, -0.15) is 0 Å². The smallest absolute Gasteiger partial charge is 0.0832 e. The number of ether oxygens (including phenoxy) is 1. The van der Waals surface area contributed by atoms with E-state index in [0.29, 0.717) is 6.61 Å². The molecule has 0 bridgehead atoms. The van der Waals surface area contributed by atoms with Crippen LogP contribution in [0, 0.1) is 0 Å². The Kier molecular flexibility index (Phi) is 4.00. The first kappa shape index (κ1) is 12.9. The van der Waals surface area contributed by atoms with Crippen molar-refractivity contribution in [2.75, 3.05) is 0 Å². The molecule has 1 nitrogen and oxygen atoms in total. The van der Waals surface area contributed by atoms with E-state index < -0.39 is 0 Å². The highest BCUT2D eigenvalue weighted by atomic mass is 79.9. The van der Waals surface area contributed by atoms with Gasteiger partial charge in [0.05, 0.1) is 12.7 Å². The van der Waals surface area contributed by atoms with E-state index in [1.165, 1.54) is 29.5 Å². The summed E-state index contributed by atoms with van der Waals surface area (Å²) in [6.07, 6.45) is 3.78. The maximum Gasteiger partial charge on any atom is 0.0832 e. The van der Waals surface area contributed by atoms with E-state index in [4.69, 9.17) is 4.74 Å². The topological polar surface area (TPSA) is 9.23 Å².